The van der Waals surface area contributed by atoms with E-state index in [0.29, 0.717) is 11.4 Å². The van der Waals surface area contributed by atoms with Gasteiger partial charge in [0.1, 0.15) is 9.75 Å². The van der Waals surface area contributed by atoms with Crippen molar-refractivity contribution in [3.05, 3.63) is 71.2 Å². The van der Waals surface area contributed by atoms with E-state index < -0.39 is 15.6 Å². The van der Waals surface area contributed by atoms with Crippen LogP contribution in [0.25, 0.3) is 10.4 Å². The largest absolute Gasteiger partial charge is 0.324 e. The van der Waals surface area contributed by atoms with E-state index in [1.54, 1.807) is 24.3 Å². The smallest absolute Gasteiger partial charge is 0.251 e. The van der Waals surface area contributed by atoms with Crippen molar-refractivity contribution >= 4 is 44.6 Å². The lowest BCUT2D eigenvalue weighted by molar-refractivity contribution is -0.119. The van der Waals surface area contributed by atoms with Gasteiger partial charge in [-0.3, -0.25) is 4.79 Å². The van der Waals surface area contributed by atoms with Gasteiger partial charge in [0, 0.05) is 21.5 Å². The summed E-state index contributed by atoms with van der Waals surface area (Å²) in [7, 11) is -3.83. The van der Waals surface area contributed by atoms with Gasteiger partial charge in [0.2, 0.25) is 5.91 Å². The number of nitrogens with one attached hydrogen (secondary N) is 2. The van der Waals surface area contributed by atoms with E-state index in [9.17, 15) is 13.2 Å². The SMILES string of the molecule is O=C1Nc2ccccc2[C@@H]2C[C@]12NS(=O)(=O)c1ccc(-c2ccc(Cl)cc2)s1. The van der Waals surface area contributed by atoms with E-state index >= 15 is 0 Å². The number of thiophene rings is 1. The van der Waals surface area contributed by atoms with Crippen LogP contribution in [0.2, 0.25) is 5.02 Å². The first-order valence-electron chi connectivity index (χ1n) is 8.69. The van der Waals surface area contributed by atoms with Gasteiger partial charge in [-0.05, 0) is 47.9 Å². The third kappa shape index (κ3) is 2.78. The molecule has 8 heteroatoms. The lowest BCUT2D eigenvalue weighted by Crippen LogP contribution is -2.48. The highest BCUT2D eigenvalue weighted by atomic mass is 35.5. The van der Waals surface area contributed by atoms with Gasteiger partial charge in [-0.25, -0.2) is 8.42 Å². The van der Waals surface area contributed by atoms with Gasteiger partial charge in [0.05, 0.1) is 0 Å². The molecule has 1 aliphatic heterocycles. The number of sulfonamides is 1. The number of amides is 1. The average Bonchev–Trinajstić information content (AvgIpc) is 3.18. The molecule has 1 fully saturated rings. The Labute approximate surface area is 171 Å². The molecule has 2 aliphatic rings. The first kappa shape index (κ1) is 17.9. The van der Waals surface area contributed by atoms with Gasteiger partial charge >= 0.3 is 0 Å². The molecule has 2 aromatic carbocycles. The molecule has 0 radical (unpaired) electrons. The predicted octanol–water partition coefficient (Wildman–Crippen LogP) is 4.23. The Bertz CT molecular complexity index is 1200. The number of halogens is 1. The maximum absolute atomic E-state index is 13.0. The van der Waals surface area contributed by atoms with E-state index in [2.05, 4.69) is 10.0 Å². The normalized spacial score (nSPS) is 22.9. The quantitative estimate of drug-likeness (QED) is 0.650. The first-order valence-corrected chi connectivity index (χ1v) is 11.4. The third-order valence-corrected chi connectivity index (χ3v) is 8.63. The van der Waals surface area contributed by atoms with Crippen LogP contribution in [0.4, 0.5) is 5.69 Å². The zero-order chi connectivity index (χ0) is 19.5. The molecule has 28 heavy (non-hydrogen) atoms. The number of carbonyl (C=O) groups is 1. The Morgan fingerprint density at radius 2 is 1.82 bits per heavy atom. The van der Waals surface area contributed by atoms with Crippen molar-refractivity contribution in [2.75, 3.05) is 5.32 Å². The molecule has 1 amide bonds. The topological polar surface area (TPSA) is 75.3 Å². The van der Waals surface area contributed by atoms with Crippen LogP contribution in [-0.4, -0.2) is 19.9 Å². The van der Waals surface area contributed by atoms with Crippen molar-refractivity contribution in [2.45, 2.75) is 22.1 Å². The van der Waals surface area contributed by atoms with Gasteiger partial charge < -0.3 is 5.32 Å². The highest BCUT2D eigenvalue weighted by molar-refractivity contribution is 7.91. The summed E-state index contributed by atoms with van der Waals surface area (Å²) in [5, 5.41) is 3.45. The zero-order valence-corrected chi connectivity index (χ0v) is 16.9. The summed E-state index contributed by atoms with van der Waals surface area (Å²) in [6.07, 6.45) is 0.463. The van der Waals surface area contributed by atoms with Crippen LogP contribution in [0, 0.1) is 0 Å². The Morgan fingerprint density at radius 3 is 2.61 bits per heavy atom. The Hall–Kier alpha value is -2.19. The molecular weight excluding hydrogens is 416 g/mol. The van der Waals surface area contributed by atoms with Crippen molar-refractivity contribution in [1.82, 2.24) is 4.72 Å². The molecule has 1 aliphatic carbocycles. The summed E-state index contributed by atoms with van der Waals surface area (Å²) in [5.74, 6) is -0.433. The average molecular weight is 431 g/mol. The molecular formula is C20H15ClN2O3S2. The Kier molecular flexibility index (Phi) is 3.93. The van der Waals surface area contributed by atoms with Gasteiger partial charge in [0.25, 0.3) is 10.0 Å². The van der Waals surface area contributed by atoms with Crippen LogP contribution < -0.4 is 10.0 Å². The second-order valence-corrected chi connectivity index (χ2v) is 10.4. The summed E-state index contributed by atoms with van der Waals surface area (Å²) in [6.45, 7) is 0. The maximum atomic E-state index is 13.0. The number of fused-ring (bicyclic) bond motifs is 3. The molecule has 2 N–H and O–H groups in total. The van der Waals surface area contributed by atoms with Crippen LogP contribution in [0.3, 0.4) is 0 Å². The molecule has 0 spiro atoms. The molecule has 0 saturated heterocycles. The maximum Gasteiger partial charge on any atom is 0.251 e. The first-order chi connectivity index (χ1) is 13.4. The molecule has 2 heterocycles. The van der Waals surface area contributed by atoms with E-state index in [1.807, 2.05) is 36.4 Å². The summed E-state index contributed by atoms with van der Waals surface area (Å²) in [4.78, 5) is 13.5. The molecule has 5 rings (SSSR count). The molecule has 0 unspecified atom stereocenters. The second kappa shape index (κ2) is 6.15. The molecule has 1 saturated carbocycles. The lowest BCUT2D eigenvalue weighted by Gasteiger charge is -2.24. The molecule has 2 atom stereocenters. The van der Waals surface area contributed by atoms with E-state index in [4.69, 9.17) is 11.6 Å². The fourth-order valence-electron chi connectivity index (χ4n) is 3.72. The van der Waals surface area contributed by atoms with Crippen molar-refractivity contribution in [2.24, 2.45) is 0 Å². The number of anilines is 1. The van der Waals surface area contributed by atoms with E-state index in [1.165, 1.54) is 11.3 Å². The lowest BCUT2D eigenvalue weighted by atomic mass is 10.00. The van der Waals surface area contributed by atoms with Crippen molar-refractivity contribution in [3.63, 3.8) is 0 Å². The van der Waals surface area contributed by atoms with Crippen LogP contribution in [0.1, 0.15) is 17.9 Å². The molecule has 1 aromatic heterocycles. The predicted molar refractivity (Wildman–Crippen MR) is 110 cm³/mol. The van der Waals surface area contributed by atoms with Crippen LogP contribution in [0.15, 0.2) is 64.9 Å². The molecule has 0 bridgehead atoms. The van der Waals surface area contributed by atoms with E-state index in [0.717, 1.165) is 21.7 Å². The molecule has 5 nitrogen and oxygen atoms in total. The number of rotatable bonds is 4. The third-order valence-electron chi connectivity index (χ3n) is 5.24. The number of hydrogen-bond donors (Lipinski definition) is 2. The number of hydrogen-bond acceptors (Lipinski definition) is 4. The summed E-state index contributed by atoms with van der Waals surface area (Å²) in [6, 6.07) is 18.1. The fourth-order valence-corrected chi connectivity index (χ4v) is 6.57. The number of benzene rings is 2. The standard InChI is InChI=1S/C20H15ClN2O3S2/c21-13-7-5-12(6-8-13)17-9-10-18(27-17)28(25,26)23-20-11-15(20)14-3-1-2-4-16(14)22-19(20)24/h1-10,15,23H,11H2,(H,22,24)/t15-,20+/m0/s1. The van der Waals surface area contributed by atoms with Gasteiger partial charge in [-0.15, -0.1) is 11.3 Å². The van der Waals surface area contributed by atoms with Crippen molar-refractivity contribution < 1.29 is 13.2 Å². The number of para-hydroxylation sites is 1. The van der Waals surface area contributed by atoms with Gasteiger partial charge in [-0.2, -0.15) is 4.72 Å². The van der Waals surface area contributed by atoms with Crippen LogP contribution in [0.5, 0.6) is 0 Å². The monoisotopic (exact) mass is 430 g/mol. The van der Waals surface area contributed by atoms with Gasteiger partial charge in [0.15, 0.2) is 0 Å². The summed E-state index contributed by atoms with van der Waals surface area (Å²) < 4.78 is 28.8. The summed E-state index contributed by atoms with van der Waals surface area (Å²) in [5.41, 5.74) is 1.52. The minimum absolute atomic E-state index is 0.136. The Morgan fingerprint density at radius 1 is 1.07 bits per heavy atom. The van der Waals surface area contributed by atoms with Crippen molar-refractivity contribution in [3.8, 4) is 10.4 Å². The van der Waals surface area contributed by atoms with Gasteiger partial charge in [-0.1, -0.05) is 41.9 Å². The highest BCUT2D eigenvalue weighted by Gasteiger charge is 2.65. The Balaban J connectivity index is 1.44. The minimum atomic E-state index is -3.83. The van der Waals surface area contributed by atoms with E-state index in [-0.39, 0.29) is 16.0 Å². The molecule has 142 valence electrons. The minimum Gasteiger partial charge on any atom is -0.324 e. The second-order valence-electron chi connectivity index (χ2n) is 7.00. The highest BCUT2D eigenvalue weighted by Crippen LogP contribution is 2.57. The van der Waals surface area contributed by atoms with Crippen molar-refractivity contribution in [1.29, 1.82) is 0 Å². The number of carbonyl (C=O) groups excluding carboxylic acids is 1. The van der Waals surface area contributed by atoms with Crippen LogP contribution in [-0.2, 0) is 14.8 Å². The van der Waals surface area contributed by atoms with Crippen LogP contribution >= 0.6 is 22.9 Å². The summed E-state index contributed by atoms with van der Waals surface area (Å²) >= 11 is 7.08. The fraction of sp³-hybridized carbons (Fsp3) is 0.150. The zero-order valence-electron chi connectivity index (χ0n) is 14.5. The molecule has 3 aromatic rings.